The summed E-state index contributed by atoms with van der Waals surface area (Å²) in [6.45, 7) is 4.34. The van der Waals surface area contributed by atoms with Gasteiger partial charge in [-0.3, -0.25) is 14.2 Å². The minimum Gasteiger partial charge on any atom is -0.497 e. The Hall–Kier alpha value is -3.27. The molecule has 3 rings (SSSR count). The highest BCUT2D eigenvalue weighted by Gasteiger charge is 2.22. The van der Waals surface area contributed by atoms with E-state index < -0.39 is 5.97 Å². The Labute approximate surface area is 184 Å². The lowest BCUT2D eigenvalue weighted by Gasteiger charge is -2.22. The molecule has 0 aliphatic rings. The molecule has 0 radical (unpaired) electrons. The van der Waals surface area contributed by atoms with Gasteiger partial charge in [0, 0.05) is 18.3 Å². The summed E-state index contributed by atoms with van der Waals surface area (Å²) in [5.74, 6) is 1.09. The van der Waals surface area contributed by atoms with E-state index in [1.54, 1.807) is 56.7 Å². The van der Waals surface area contributed by atoms with Gasteiger partial charge in [0.1, 0.15) is 12.3 Å². The van der Waals surface area contributed by atoms with Crippen LogP contribution >= 0.6 is 11.8 Å². The molecular formula is C21H24N4O5S. The van der Waals surface area contributed by atoms with Crippen molar-refractivity contribution in [1.29, 1.82) is 0 Å². The Bertz CT molecular complexity index is 1020. The number of aromatic nitrogens is 3. The predicted octanol–water partition coefficient (Wildman–Crippen LogP) is 3.26. The standard InChI is InChI=1S/C21H24N4O5S/c1-4-24-20(17-10-7-11-30-17)22-23-21(24)31-14-18(26)25(13-19(27)29-5-2)15-8-6-9-16(12-15)28-3/h6-12H,4-5,13-14H2,1-3H3. The Morgan fingerprint density at radius 2 is 2.03 bits per heavy atom. The molecule has 0 aliphatic heterocycles. The number of anilines is 1. The van der Waals surface area contributed by atoms with Gasteiger partial charge in [0.05, 0.1) is 25.7 Å². The second kappa shape index (κ2) is 10.7. The highest BCUT2D eigenvalue weighted by molar-refractivity contribution is 7.99. The zero-order valence-electron chi connectivity index (χ0n) is 17.6. The third kappa shape index (κ3) is 5.46. The van der Waals surface area contributed by atoms with Crippen molar-refractivity contribution in [3.05, 3.63) is 42.7 Å². The van der Waals surface area contributed by atoms with Gasteiger partial charge in [0.25, 0.3) is 0 Å². The summed E-state index contributed by atoms with van der Waals surface area (Å²) in [6.07, 6.45) is 1.57. The summed E-state index contributed by atoms with van der Waals surface area (Å²) >= 11 is 1.24. The molecule has 2 heterocycles. The molecule has 10 heteroatoms. The van der Waals surface area contributed by atoms with Crippen molar-refractivity contribution in [2.24, 2.45) is 0 Å². The first-order chi connectivity index (χ1) is 15.1. The Morgan fingerprint density at radius 3 is 2.71 bits per heavy atom. The van der Waals surface area contributed by atoms with Gasteiger partial charge in [0.2, 0.25) is 5.91 Å². The van der Waals surface area contributed by atoms with E-state index in [0.29, 0.717) is 34.7 Å². The van der Waals surface area contributed by atoms with Crippen molar-refractivity contribution in [3.63, 3.8) is 0 Å². The van der Waals surface area contributed by atoms with Gasteiger partial charge in [-0.15, -0.1) is 10.2 Å². The molecule has 0 saturated heterocycles. The van der Waals surface area contributed by atoms with E-state index in [2.05, 4.69) is 10.2 Å². The number of carbonyl (C=O) groups excluding carboxylic acids is 2. The van der Waals surface area contributed by atoms with E-state index in [4.69, 9.17) is 13.9 Å². The molecule has 2 aromatic heterocycles. The molecule has 0 saturated carbocycles. The molecule has 1 aromatic carbocycles. The summed E-state index contributed by atoms with van der Waals surface area (Å²) in [4.78, 5) is 26.6. The summed E-state index contributed by atoms with van der Waals surface area (Å²) in [5, 5.41) is 8.97. The maximum Gasteiger partial charge on any atom is 0.326 e. The van der Waals surface area contributed by atoms with Crippen molar-refractivity contribution in [1.82, 2.24) is 14.8 Å². The normalized spacial score (nSPS) is 10.7. The number of ether oxygens (including phenoxy) is 2. The van der Waals surface area contributed by atoms with Crippen LogP contribution in [-0.4, -0.2) is 52.7 Å². The Kier molecular flexibility index (Phi) is 7.71. The maximum atomic E-state index is 13.1. The van der Waals surface area contributed by atoms with Gasteiger partial charge in [0.15, 0.2) is 16.7 Å². The molecule has 9 nitrogen and oxygen atoms in total. The van der Waals surface area contributed by atoms with E-state index >= 15 is 0 Å². The van der Waals surface area contributed by atoms with E-state index in [-0.39, 0.29) is 24.8 Å². The van der Waals surface area contributed by atoms with E-state index in [9.17, 15) is 9.59 Å². The average molecular weight is 445 g/mol. The number of methoxy groups -OCH3 is 1. The van der Waals surface area contributed by atoms with Gasteiger partial charge in [-0.2, -0.15) is 0 Å². The molecule has 164 valence electrons. The fourth-order valence-corrected chi connectivity index (χ4v) is 3.79. The summed E-state index contributed by atoms with van der Waals surface area (Å²) in [5.41, 5.74) is 0.547. The molecule has 1 amide bonds. The lowest BCUT2D eigenvalue weighted by molar-refractivity contribution is -0.142. The van der Waals surface area contributed by atoms with E-state index in [1.807, 2.05) is 11.5 Å². The van der Waals surface area contributed by atoms with E-state index in [1.165, 1.54) is 16.7 Å². The van der Waals surface area contributed by atoms with Crippen LogP contribution in [0.3, 0.4) is 0 Å². The van der Waals surface area contributed by atoms with Crippen LogP contribution < -0.4 is 9.64 Å². The zero-order valence-corrected chi connectivity index (χ0v) is 18.4. The number of rotatable bonds is 10. The molecule has 0 unspecified atom stereocenters. The zero-order chi connectivity index (χ0) is 22.2. The van der Waals surface area contributed by atoms with Gasteiger partial charge in [-0.05, 0) is 38.1 Å². The van der Waals surface area contributed by atoms with Gasteiger partial charge in [-0.1, -0.05) is 17.8 Å². The molecular weight excluding hydrogens is 420 g/mol. The van der Waals surface area contributed by atoms with Gasteiger partial charge in [-0.25, -0.2) is 0 Å². The van der Waals surface area contributed by atoms with E-state index in [0.717, 1.165) is 0 Å². The van der Waals surface area contributed by atoms with Gasteiger partial charge < -0.3 is 18.8 Å². The number of hydrogen-bond donors (Lipinski definition) is 0. The number of thioether (sulfide) groups is 1. The van der Waals surface area contributed by atoms with Crippen molar-refractivity contribution < 1.29 is 23.5 Å². The second-order valence-corrected chi connectivity index (χ2v) is 7.25. The first-order valence-electron chi connectivity index (χ1n) is 9.77. The number of amides is 1. The summed E-state index contributed by atoms with van der Waals surface area (Å²) < 4.78 is 17.6. The second-order valence-electron chi connectivity index (χ2n) is 6.30. The van der Waals surface area contributed by atoms with Crippen LogP contribution in [-0.2, 0) is 20.9 Å². The van der Waals surface area contributed by atoms with Crippen LogP contribution in [0, 0.1) is 0 Å². The van der Waals surface area contributed by atoms with Crippen LogP contribution in [0.5, 0.6) is 5.75 Å². The van der Waals surface area contributed by atoms with Crippen LogP contribution in [0.15, 0.2) is 52.2 Å². The smallest absolute Gasteiger partial charge is 0.326 e. The quantitative estimate of drug-likeness (QED) is 0.347. The highest BCUT2D eigenvalue weighted by Crippen LogP contribution is 2.26. The summed E-state index contributed by atoms with van der Waals surface area (Å²) in [6, 6.07) is 10.6. The highest BCUT2D eigenvalue weighted by atomic mass is 32.2. The third-order valence-corrected chi connectivity index (χ3v) is 5.31. The topological polar surface area (TPSA) is 99.7 Å². The SMILES string of the molecule is CCOC(=O)CN(C(=O)CSc1nnc(-c2ccco2)n1CC)c1cccc(OC)c1. The molecule has 0 atom stereocenters. The third-order valence-electron chi connectivity index (χ3n) is 4.36. The lowest BCUT2D eigenvalue weighted by Crippen LogP contribution is -2.37. The van der Waals surface area contributed by atoms with Crippen LogP contribution in [0.25, 0.3) is 11.6 Å². The summed E-state index contributed by atoms with van der Waals surface area (Å²) in [7, 11) is 1.54. The first kappa shape index (κ1) is 22.4. The maximum absolute atomic E-state index is 13.1. The molecule has 31 heavy (non-hydrogen) atoms. The number of furan rings is 1. The molecule has 0 spiro atoms. The van der Waals surface area contributed by atoms with Crippen LogP contribution in [0.4, 0.5) is 5.69 Å². The molecule has 0 bridgehead atoms. The van der Waals surface area contributed by atoms with Crippen molar-refractivity contribution in [2.75, 3.05) is 30.9 Å². The number of nitrogens with zero attached hydrogens (tertiary/aromatic N) is 4. The fourth-order valence-electron chi connectivity index (χ4n) is 2.91. The number of hydrogen-bond acceptors (Lipinski definition) is 8. The number of esters is 1. The first-order valence-corrected chi connectivity index (χ1v) is 10.8. The number of carbonyl (C=O) groups is 2. The number of benzene rings is 1. The van der Waals surface area contributed by atoms with Crippen molar-refractivity contribution in [3.8, 4) is 17.3 Å². The minimum atomic E-state index is -0.486. The fraction of sp³-hybridized carbons (Fsp3) is 0.333. The van der Waals surface area contributed by atoms with Crippen LogP contribution in [0.1, 0.15) is 13.8 Å². The van der Waals surface area contributed by atoms with Crippen molar-refractivity contribution >= 4 is 29.3 Å². The van der Waals surface area contributed by atoms with Crippen molar-refractivity contribution in [2.45, 2.75) is 25.5 Å². The van der Waals surface area contributed by atoms with Crippen LogP contribution in [0.2, 0.25) is 0 Å². The lowest BCUT2D eigenvalue weighted by atomic mass is 10.2. The molecule has 0 N–H and O–H groups in total. The Balaban J connectivity index is 1.78. The Morgan fingerprint density at radius 1 is 1.19 bits per heavy atom. The minimum absolute atomic E-state index is 0.0624. The largest absolute Gasteiger partial charge is 0.497 e. The molecule has 3 aromatic rings. The predicted molar refractivity (Wildman–Crippen MR) is 116 cm³/mol. The molecule has 0 fully saturated rings. The van der Waals surface area contributed by atoms with Gasteiger partial charge >= 0.3 is 5.97 Å². The molecule has 0 aliphatic carbocycles. The average Bonchev–Trinajstić information content (AvgIpc) is 3.45. The monoisotopic (exact) mass is 444 g/mol.